The second-order valence-corrected chi connectivity index (χ2v) is 6.39. The van der Waals surface area contributed by atoms with E-state index in [0.717, 1.165) is 0 Å². The van der Waals surface area contributed by atoms with Crippen molar-refractivity contribution in [3.8, 4) is 0 Å². The lowest BCUT2D eigenvalue weighted by molar-refractivity contribution is -0.123. The molecule has 1 aromatic carbocycles. The molecule has 3 rings (SSSR count). The molecule has 0 radical (unpaired) electrons. The fourth-order valence-electron chi connectivity index (χ4n) is 2.62. The quantitative estimate of drug-likeness (QED) is 0.572. The molecule has 2 aromatic rings. The Labute approximate surface area is 146 Å². The normalized spacial score (nSPS) is 16.1. The van der Waals surface area contributed by atoms with E-state index in [2.05, 4.69) is 20.6 Å². The summed E-state index contributed by atoms with van der Waals surface area (Å²) in [6, 6.07) is 4.01. The summed E-state index contributed by atoms with van der Waals surface area (Å²) in [5, 5.41) is 5.45. The molecule has 0 aliphatic carbocycles. The number of carbonyl (C=O) groups excluding carboxylic acids is 2. The van der Waals surface area contributed by atoms with Gasteiger partial charge >= 0.3 is 0 Å². The average Bonchev–Trinajstić information content (AvgIpc) is 2.56. The molecule has 2 heterocycles. The Morgan fingerprint density at radius 3 is 2.88 bits per heavy atom. The molecule has 2 amide bonds. The van der Waals surface area contributed by atoms with E-state index in [1.165, 1.54) is 30.0 Å². The van der Waals surface area contributed by atoms with Crippen LogP contribution in [0.25, 0.3) is 0 Å². The number of nitrogens with zero attached hydrogens (tertiary/aromatic N) is 1. The van der Waals surface area contributed by atoms with Gasteiger partial charge in [0.1, 0.15) is 11.6 Å². The van der Waals surface area contributed by atoms with Gasteiger partial charge in [0, 0.05) is 12.1 Å². The summed E-state index contributed by atoms with van der Waals surface area (Å²) in [4.78, 5) is 43.6. The number of aryl methyl sites for hydroxylation is 1. The number of aromatic nitrogens is 2. The van der Waals surface area contributed by atoms with E-state index in [-0.39, 0.29) is 17.8 Å². The van der Waals surface area contributed by atoms with Crippen molar-refractivity contribution in [2.45, 2.75) is 24.4 Å². The van der Waals surface area contributed by atoms with Crippen LogP contribution in [0.4, 0.5) is 15.9 Å². The van der Waals surface area contributed by atoms with Crippen molar-refractivity contribution in [1.82, 2.24) is 9.97 Å². The number of aromatic amines is 1. The van der Waals surface area contributed by atoms with Gasteiger partial charge in [-0.05, 0) is 30.9 Å². The molecule has 3 N–H and O–H groups in total. The highest BCUT2D eigenvalue weighted by Crippen LogP contribution is 2.30. The van der Waals surface area contributed by atoms with Crippen LogP contribution < -0.4 is 16.2 Å². The molecule has 0 unspecified atom stereocenters. The smallest absolute Gasteiger partial charge is 0.257 e. The first-order valence-corrected chi connectivity index (χ1v) is 8.66. The topological polar surface area (TPSA) is 104 Å². The first-order chi connectivity index (χ1) is 11.9. The number of fused-ring (bicyclic) bond motifs is 1. The third kappa shape index (κ3) is 3.41. The van der Waals surface area contributed by atoms with Gasteiger partial charge < -0.3 is 15.6 Å². The van der Waals surface area contributed by atoms with E-state index in [4.69, 9.17) is 0 Å². The molecule has 0 saturated carbocycles. The minimum absolute atomic E-state index is 0.0838. The van der Waals surface area contributed by atoms with E-state index >= 15 is 0 Å². The fraction of sp³-hybridized carbons (Fsp3) is 0.250. The van der Waals surface area contributed by atoms with Crippen LogP contribution in [0.1, 0.15) is 23.5 Å². The van der Waals surface area contributed by atoms with E-state index in [9.17, 15) is 18.8 Å². The summed E-state index contributed by atoms with van der Waals surface area (Å²) in [6.45, 7) is 1.72. The van der Waals surface area contributed by atoms with Crippen LogP contribution in [0.3, 0.4) is 0 Å². The monoisotopic (exact) mass is 362 g/mol. The number of carbonyl (C=O) groups is 2. The molecule has 0 spiro atoms. The van der Waals surface area contributed by atoms with Crippen molar-refractivity contribution in [1.29, 1.82) is 0 Å². The third-order valence-corrected chi connectivity index (χ3v) is 4.48. The fourth-order valence-corrected chi connectivity index (χ4v) is 3.00. The number of rotatable bonds is 3. The summed E-state index contributed by atoms with van der Waals surface area (Å²) in [5.41, 5.74) is 0.581. The molecular weight excluding hydrogens is 347 g/mol. The van der Waals surface area contributed by atoms with E-state index in [1.807, 2.05) is 0 Å². The highest BCUT2D eigenvalue weighted by Gasteiger charge is 2.34. The van der Waals surface area contributed by atoms with Gasteiger partial charge in [0.15, 0.2) is 5.16 Å². The Kier molecular flexibility index (Phi) is 4.58. The van der Waals surface area contributed by atoms with E-state index in [0.29, 0.717) is 16.4 Å². The van der Waals surface area contributed by atoms with Crippen molar-refractivity contribution < 1.29 is 14.0 Å². The van der Waals surface area contributed by atoms with Crippen LogP contribution >= 0.6 is 11.8 Å². The number of hydrogen-bond donors (Lipinski definition) is 3. The molecule has 0 saturated heterocycles. The van der Waals surface area contributed by atoms with Gasteiger partial charge in [-0.1, -0.05) is 17.8 Å². The Balaban J connectivity index is 1.98. The van der Waals surface area contributed by atoms with Crippen LogP contribution in [0.15, 0.2) is 28.2 Å². The zero-order valence-corrected chi connectivity index (χ0v) is 14.3. The molecule has 1 aliphatic rings. The highest BCUT2D eigenvalue weighted by molar-refractivity contribution is 7.98. The molecular formula is C16H15FN4O3S. The number of nitrogens with one attached hydrogen (secondary N) is 3. The number of amides is 2. The Bertz CT molecular complexity index is 928. The average molecular weight is 362 g/mol. The van der Waals surface area contributed by atoms with Gasteiger partial charge in [0.25, 0.3) is 5.56 Å². The predicted octanol–water partition coefficient (Wildman–Crippen LogP) is 2.00. The maximum atomic E-state index is 13.4. The lowest BCUT2D eigenvalue weighted by Gasteiger charge is -2.23. The summed E-state index contributed by atoms with van der Waals surface area (Å²) in [5.74, 6) is -2.38. The standard InChI is InChI=1S/C16H15FN4O3S/c1-7-3-4-8(17)5-10(7)18-14(23)9-6-11(22)19-13-12(9)15(24)21-16(20-13)25-2/h3-5,9H,6H2,1-2H3,(H,18,23)(H2,19,20,21,22,24)/t9-/m1/s1. The van der Waals surface area contributed by atoms with Crippen molar-refractivity contribution in [2.24, 2.45) is 0 Å². The highest BCUT2D eigenvalue weighted by atomic mass is 32.2. The van der Waals surface area contributed by atoms with Gasteiger partial charge in [-0.25, -0.2) is 9.37 Å². The first-order valence-electron chi connectivity index (χ1n) is 7.44. The third-order valence-electron chi connectivity index (χ3n) is 3.90. The van der Waals surface area contributed by atoms with Crippen LogP contribution in [0.2, 0.25) is 0 Å². The van der Waals surface area contributed by atoms with Gasteiger partial charge in [0.05, 0.1) is 11.5 Å². The summed E-state index contributed by atoms with van der Waals surface area (Å²) in [6.07, 6.45) is 1.54. The van der Waals surface area contributed by atoms with Gasteiger partial charge in [-0.2, -0.15) is 0 Å². The SMILES string of the molecule is CSc1nc2c(c(=O)[nH]1)[C@H](C(=O)Nc1cc(F)ccc1C)CC(=O)N2. The number of anilines is 2. The molecule has 1 atom stereocenters. The molecule has 7 nitrogen and oxygen atoms in total. The van der Waals surface area contributed by atoms with Crippen molar-refractivity contribution in [2.75, 3.05) is 16.9 Å². The summed E-state index contributed by atoms with van der Waals surface area (Å²) >= 11 is 1.21. The molecule has 9 heteroatoms. The number of H-pyrrole nitrogens is 1. The second-order valence-electron chi connectivity index (χ2n) is 5.59. The molecule has 0 bridgehead atoms. The number of benzene rings is 1. The second kappa shape index (κ2) is 6.67. The number of hydrogen-bond acceptors (Lipinski definition) is 5. The van der Waals surface area contributed by atoms with Crippen LogP contribution in [-0.4, -0.2) is 28.0 Å². The van der Waals surface area contributed by atoms with Gasteiger partial charge in [0.2, 0.25) is 11.8 Å². The lowest BCUT2D eigenvalue weighted by atomic mass is 9.92. The molecule has 1 aliphatic heterocycles. The van der Waals surface area contributed by atoms with Crippen LogP contribution in [-0.2, 0) is 9.59 Å². The Morgan fingerprint density at radius 1 is 1.40 bits per heavy atom. The van der Waals surface area contributed by atoms with E-state index in [1.54, 1.807) is 13.2 Å². The van der Waals surface area contributed by atoms with E-state index < -0.39 is 29.1 Å². The maximum absolute atomic E-state index is 13.4. The molecule has 25 heavy (non-hydrogen) atoms. The summed E-state index contributed by atoms with van der Waals surface area (Å²) in [7, 11) is 0. The lowest BCUT2D eigenvalue weighted by Crippen LogP contribution is -2.36. The molecule has 0 fully saturated rings. The Morgan fingerprint density at radius 2 is 2.16 bits per heavy atom. The van der Waals surface area contributed by atoms with Crippen molar-refractivity contribution in [3.63, 3.8) is 0 Å². The van der Waals surface area contributed by atoms with Crippen molar-refractivity contribution >= 4 is 35.1 Å². The van der Waals surface area contributed by atoms with Crippen molar-refractivity contribution in [3.05, 3.63) is 45.5 Å². The largest absolute Gasteiger partial charge is 0.325 e. The zero-order chi connectivity index (χ0) is 18.1. The molecule has 130 valence electrons. The van der Waals surface area contributed by atoms with Gasteiger partial charge in [-0.15, -0.1) is 0 Å². The van der Waals surface area contributed by atoms with Gasteiger partial charge in [-0.3, -0.25) is 14.4 Å². The van der Waals surface area contributed by atoms with Crippen LogP contribution in [0.5, 0.6) is 0 Å². The Hall–Kier alpha value is -2.68. The minimum atomic E-state index is -1.00. The minimum Gasteiger partial charge on any atom is -0.325 e. The number of halogens is 1. The first kappa shape index (κ1) is 17.2. The zero-order valence-electron chi connectivity index (χ0n) is 13.5. The number of thioether (sulfide) groups is 1. The maximum Gasteiger partial charge on any atom is 0.257 e. The molecule has 1 aromatic heterocycles. The summed E-state index contributed by atoms with van der Waals surface area (Å²) < 4.78 is 13.4. The predicted molar refractivity (Wildman–Crippen MR) is 92.4 cm³/mol. The van der Waals surface area contributed by atoms with Crippen LogP contribution in [0, 0.1) is 12.7 Å².